The van der Waals surface area contributed by atoms with E-state index in [1.54, 1.807) is 0 Å². The fraction of sp³-hybridized carbons (Fsp3) is 0.400. The Hall–Kier alpha value is -3.39. The molecule has 0 saturated carbocycles. The molecule has 8 nitrogen and oxygen atoms in total. The number of ether oxygens (including phenoxy) is 1. The number of benzene rings is 2. The smallest absolute Gasteiger partial charge is 0.407 e. The Balaban J connectivity index is 1.46. The maximum absolute atomic E-state index is 12.2. The van der Waals surface area contributed by atoms with E-state index < -0.39 is 30.1 Å². The lowest BCUT2D eigenvalue weighted by molar-refractivity contribution is -0.138. The van der Waals surface area contributed by atoms with Gasteiger partial charge in [-0.3, -0.25) is 9.59 Å². The summed E-state index contributed by atoms with van der Waals surface area (Å²) in [5, 5.41) is 24.1. The Morgan fingerprint density at radius 2 is 1.55 bits per heavy atom. The van der Waals surface area contributed by atoms with Crippen molar-refractivity contribution in [3.63, 3.8) is 0 Å². The second-order valence-electron chi connectivity index (χ2n) is 8.58. The average Bonchev–Trinajstić information content (AvgIpc) is 3.09. The lowest BCUT2D eigenvalue weighted by atomic mass is 9.98. The molecule has 0 fully saturated rings. The van der Waals surface area contributed by atoms with Crippen molar-refractivity contribution in [1.82, 2.24) is 10.6 Å². The van der Waals surface area contributed by atoms with Crippen molar-refractivity contribution in [3.05, 3.63) is 59.7 Å². The molecule has 2 unspecified atom stereocenters. The number of alkyl carbamates (subject to hydrolysis) is 1. The number of nitrogens with one attached hydrogen (secondary N) is 2. The first-order valence-corrected chi connectivity index (χ1v) is 11.0. The molecule has 176 valence electrons. The molecule has 0 aromatic heterocycles. The molecule has 0 spiro atoms. The van der Waals surface area contributed by atoms with Gasteiger partial charge in [-0.05, 0) is 28.2 Å². The Bertz CT molecular complexity index is 960. The summed E-state index contributed by atoms with van der Waals surface area (Å²) in [5.41, 5.74) is 4.46. The van der Waals surface area contributed by atoms with Crippen LogP contribution in [0.25, 0.3) is 11.1 Å². The van der Waals surface area contributed by atoms with E-state index >= 15 is 0 Å². The van der Waals surface area contributed by atoms with Crippen LogP contribution in [-0.4, -0.2) is 53.5 Å². The lowest BCUT2D eigenvalue weighted by Crippen LogP contribution is -2.42. The van der Waals surface area contributed by atoms with Crippen LogP contribution in [0.3, 0.4) is 0 Å². The van der Waals surface area contributed by atoms with E-state index in [-0.39, 0.29) is 37.8 Å². The molecule has 33 heavy (non-hydrogen) atoms. The van der Waals surface area contributed by atoms with Crippen LogP contribution in [0.5, 0.6) is 0 Å². The van der Waals surface area contributed by atoms with Crippen LogP contribution in [0.15, 0.2) is 48.5 Å². The van der Waals surface area contributed by atoms with E-state index in [9.17, 15) is 19.5 Å². The molecule has 0 bridgehead atoms. The van der Waals surface area contributed by atoms with Gasteiger partial charge in [-0.15, -0.1) is 0 Å². The van der Waals surface area contributed by atoms with Crippen LogP contribution in [0.2, 0.25) is 0 Å². The zero-order valence-electron chi connectivity index (χ0n) is 18.8. The van der Waals surface area contributed by atoms with Crippen molar-refractivity contribution in [2.24, 2.45) is 5.92 Å². The maximum Gasteiger partial charge on any atom is 0.407 e. The molecule has 0 saturated heterocycles. The van der Waals surface area contributed by atoms with Crippen molar-refractivity contribution in [3.8, 4) is 11.1 Å². The number of rotatable bonds is 10. The molecule has 1 aliphatic carbocycles. The third kappa shape index (κ3) is 6.32. The number of hydrogen-bond acceptors (Lipinski definition) is 5. The number of aliphatic carboxylic acids is 1. The summed E-state index contributed by atoms with van der Waals surface area (Å²) < 4.78 is 5.41. The zero-order valence-corrected chi connectivity index (χ0v) is 18.8. The summed E-state index contributed by atoms with van der Waals surface area (Å²) in [5.74, 6) is -1.62. The minimum atomic E-state index is -1.12. The molecule has 2 atom stereocenters. The second-order valence-corrected chi connectivity index (χ2v) is 8.58. The Kier molecular flexibility index (Phi) is 8.06. The normalized spacial score (nSPS) is 14.2. The number of fused-ring (bicyclic) bond motifs is 3. The van der Waals surface area contributed by atoms with E-state index in [0.717, 1.165) is 22.3 Å². The van der Waals surface area contributed by atoms with Crippen LogP contribution in [0.4, 0.5) is 4.79 Å². The van der Waals surface area contributed by atoms with Crippen molar-refractivity contribution < 1.29 is 29.3 Å². The van der Waals surface area contributed by atoms with Crippen molar-refractivity contribution in [1.29, 1.82) is 0 Å². The van der Waals surface area contributed by atoms with Crippen LogP contribution in [0, 0.1) is 5.92 Å². The Morgan fingerprint density at radius 1 is 0.970 bits per heavy atom. The predicted octanol–water partition coefficient (Wildman–Crippen LogP) is 2.89. The highest BCUT2D eigenvalue weighted by atomic mass is 16.5. The average molecular weight is 455 g/mol. The summed E-state index contributed by atoms with van der Waals surface area (Å²) in [7, 11) is 0. The van der Waals surface area contributed by atoms with E-state index in [0.29, 0.717) is 0 Å². The minimum Gasteiger partial charge on any atom is -0.481 e. The van der Waals surface area contributed by atoms with E-state index in [4.69, 9.17) is 9.84 Å². The number of aliphatic hydroxyl groups excluding tert-OH is 1. The Morgan fingerprint density at radius 3 is 2.09 bits per heavy atom. The van der Waals surface area contributed by atoms with Crippen molar-refractivity contribution >= 4 is 18.0 Å². The fourth-order valence-electron chi connectivity index (χ4n) is 4.04. The molecule has 4 N–H and O–H groups in total. The Labute approximate surface area is 193 Å². The number of carbonyl (C=O) groups is 3. The van der Waals surface area contributed by atoms with E-state index in [1.807, 2.05) is 50.2 Å². The van der Waals surface area contributed by atoms with Crippen molar-refractivity contribution in [2.45, 2.75) is 44.8 Å². The molecule has 8 heteroatoms. The lowest BCUT2D eigenvalue weighted by Gasteiger charge is -2.21. The number of carboxylic acid groups (broad SMARTS) is 1. The maximum atomic E-state index is 12.2. The highest BCUT2D eigenvalue weighted by Crippen LogP contribution is 2.44. The first-order valence-electron chi connectivity index (χ1n) is 11.0. The molecule has 2 amide bonds. The van der Waals surface area contributed by atoms with Crippen molar-refractivity contribution in [2.75, 3.05) is 13.2 Å². The number of carboxylic acids is 1. The van der Waals surface area contributed by atoms with Gasteiger partial charge in [0.2, 0.25) is 5.91 Å². The standard InChI is InChI=1S/C25H30N2O6/c1-15(2)22(12-24(30)31)27-23(29)11-16(28)13-26-25(32)33-14-21-19-9-5-3-7-17(19)18-8-4-6-10-20(18)21/h3-10,15-16,21-22,28H,11-14H2,1-2H3,(H,26,32)(H,27,29)(H,30,31). The van der Waals surface area contributed by atoms with Gasteiger partial charge in [0, 0.05) is 18.5 Å². The molecule has 3 rings (SSSR count). The topological polar surface area (TPSA) is 125 Å². The molecule has 2 aromatic carbocycles. The van der Waals surface area contributed by atoms with Gasteiger partial charge in [-0.25, -0.2) is 4.79 Å². The van der Waals surface area contributed by atoms with E-state index in [2.05, 4.69) is 22.8 Å². The van der Waals surface area contributed by atoms with E-state index in [1.165, 1.54) is 0 Å². The summed E-state index contributed by atoms with van der Waals surface area (Å²) in [6, 6.07) is 15.5. The molecular formula is C25H30N2O6. The largest absolute Gasteiger partial charge is 0.481 e. The first-order chi connectivity index (χ1) is 15.8. The quantitative estimate of drug-likeness (QED) is 0.438. The van der Waals surface area contributed by atoms with Crippen LogP contribution < -0.4 is 10.6 Å². The molecule has 0 radical (unpaired) electrons. The summed E-state index contributed by atoms with van der Waals surface area (Å²) in [4.78, 5) is 35.2. The van der Waals surface area contributed by atoms with Gasteiger partial charge in [-0.1, -0.05) is 62.4 Å². The third-order valence-corrected chi connectivity index (χ3v) is 5.79. The molecule has 2 aromatic rings. The third-order valence-electron chi connectivity index (χ3n) is 5.79. The van der Waals surface area contributed by atoms with Crippen LogP contribution in [-0.2, 0) is 14.3 Å². The molecule has 0 heterocycles. The SMILES string of the molecule is CC(C)C(CC(=O)O)NC(=O)CC(O)CNC(=O)OCC1c2ccccc2-c2ccccc21. The minimum absolute atomic E-state index is 0.0684. The number of aliphatic hydroxyl groups is 1. The fourth-order valence-corrected chi connectivity index (χ4v) is 4.04. The monoisotopic (exact) mass is 454 g/mol. The van der Waals surface area contributed by atoms with Gasteiger partial charge in [-0.2, -0.15) is 0 Å². The number of hydrogen-bond donors (Lipinski definition) is 4. The summed E-state index contributed by atoms with van der Waals surface area (Å²) >= 11 is 0. The van der Waals surface area contributed by atoms with Gasteiger partial charge >= 0.3 is 12.1 Å². The first kappa shape index (κ1) is 24.3. The van der Waals surface area contributed by atoms with Gasteiger partial charge in [0.25, 0.3) is 0 Å². The molecule has 0 aliphatic heterocycles. The highest BCUT2D eigenvalue weighted by molar-refractivity contribution is 5.79. The van der Waals surface area contributed by atoms with Gasteiger partial charge in [0.1, 0.15) is 6.61 Å². The van der Waals surface area contributed by atoms with Gasteiger partial charge in [0.05, 0.1) is 18.9 Å². The van der Waals surface area contributed by atoms with Crippen LogP contribution >= 0.6 is 0 Å². The number of amides is 2. The summed E-state index contributed by atoms with van der Waals surface area (Å²) in [6.45, 7) is 3.61. The van der Waals surface area contributed by atoms with Crippen LogP contribution in [0.1, 0.15) is 43.7 Å². The molecule has 1 aliphatic rings. The van der Waals surface area contributed by atoms with Gasteiger partial charge in [0.15, 0.2) is 0 Å². The van der Waals surface area contributed by atoms with Gasteiger partial charge < -0.3 is 25.6 Å². The second kappa shape index (κ2) is 11.0. The highest BCUT2D eigenvalue weighted by Gasteiger charge is 2.29. The predicted molar refractivity (Wildman–Crippen MR) is 123 cm³/mol. The zero-order chi connectivity index (χ0) is 24.0. The molecular weight excluding hydrogens is 424 g/mol. The summed E-state index contributed by atoms with van der Waals surface area (Å²) in [6.07, 6.45) is -2.25. The number of carbonyl (C=O) groups excluding carboxylic acids is 2.